The Labute approximate surface area is 167 Å². The lowest BCUT2D eigenvalue weighted by Gasteiger charge is -2.20. The highest BCUT2D eigenvalue weighted by molar-refractivity contribution is 6.22. The minimum absolute atomic E-state index is 0.0568. The van der Waals surface area contributed by atoms with Crippen LogP contribution in [0.3, 0.4) is 0 Å². The molecule has 3 rings (SSSR count). The number of nitrogens with one attached hydrogen (secondary N) is 1. The number of rotatable bonds is 5. The number of amides is 3. The van der Waals surface area contributed by atoms with E-state index in [0.717, 1.165) is 0 Å². The molecule has 8 nitrogen and oxygen atoms in total. The van der Waals surface area contributed by atoms with Gasteiger partial charge in [-0.2, -0.15) is 5.26 Å². The lowest BCUT2D eigenvalue weighted by Crippen LogP contribution is -2.37. The van der Waals surface area contributed by atoms with Gasteiger partial charge in [0.1, 0.15) is 17.4 Å². The van der Waals surface area contributed by atoms with E-state index in [1.165, 1.54) is 36.9 Å². The van der Waals surface area contributed by atoms with Gasteiger partial charge in [-0.05, 0) is 45.4 Å². The van der Waals surface area contributed by atoms with Gasteiger partial charge in [0.15, 0.2) is 5.78 Å². The third-order valence-corrected chi connectivity index (χ3v) is 4.99. The Morgan fingerprint density at radius 3 is 2.48 bits per heavy atom. The van der Waals surface area contributed by atoms with Crippen LogP contribution in [0.25, 0.3) is 0 Å². The lowest BCUT2D eigenvalue weighted by molar-refractivity contribution is 0.0593. The molecule has 1 aliphatic rings. The fourth-order valence-electron chi connectivity index (χ4n) is 3.32. The zero-order valence-corrected chi connectivity index (χ0v) is 16.5. The molecule has 1 unspecified atom stereocenters. The maximum absolute atomic E-state index is 12.7. The zero-order chi connectivity index (χ0) is 21.5. The highest BCUT2D eigenvalue weighted by atomic mass is 16.4. The minimum atomic E-state index is -0.629. The van der Waals surface area contributed by atoms with Crippen molar-refractivity contribution >= 4 is 29.4 Å². The fraction of sp³-hybridized carbons (Fsp3) is 0.286. The fourth-order valence-corrected chi connectivity index (χ4v) is 3.32. The average Bonchev–Trinajstić information content (AvgIpc) is 3.14. The summed E-state index contributed by atoms with van der Waals surface area (Å²) in [6.07, 6.45) is 0.617. The number of hydrogen-bond donors (Lipinski definition) is 1. The van der Waals surface area contributed by atoms with Crippen molar-refractivity contribution in [3.8, 4) is 6.07 Å². The van der Waals surface area contributed by atoms with Crippen LogP contribution in [0.2, 0.25) is 0 Å². The summed E-state index contributed by atoms with van der Waals surface area (Å²) in [5.41, 5.74) is 0.583. The number of aryl methyl sites for hydroxylation is 1. The summed E-state index contributed by atoms with van der Waals surface area (Å²) < 4.78 is 5.38. The molecule has 3 amide bonds. The van der Waals surface area contributed by atoms with Gasteiger partial charge in [-0.1, -0.05) is 6.92 Å². The molecule has 1 aromatic carbocycles. The van der Waals surface area contributed by atoms with Crippen molar-refractivity contribution in [2.75, 3.05) is 5.32 Å². The topological polar surface area (TPSA) is 120 Å². The first-order chi connectivity index (χ1) is 13.7. The number of imide groups is 1. The number of furan rings is 1. The Hall–Kier alpha value is -3.73. The predicted octanol–water partition coefficient (Wildman–Crippen LogP) is 3.31. The molecule has 8 heteroatoms. The van der Waals surface area contributed by atoms with E-state index in [0.29, 0.717) is 6.42 Å². The van der Waals surface area contributed by atoms with Crippen molar-refractivity contribution in [2.45, 2.75) is 40.2 Å². The number of carbonyl (C=O) groups excluding carboxylic acids is 4. The predicted molar refractivity (Wildman–Crippen MR) is 103 cm³/mol. The van der Waals surface area contributed by atoms with Crippen LogP contribution in [-0.4, -0.2) is 34.4 Å². The first-order valence-corrected chi connectivity index (χ1v) is 9.08. The van der Waals surface area contributed by atoms with E-state index in [2.05, 4.69) is 5.32 Å². The Bertz CT molecular complexity index is 1110. The van der Waals surface area contributed by atoms with Crippen molar-refractivity contribution in [1.29, 1.82) is 5.26 Å². The largest absolute Gasteiger partial charge is 0.443 e. The van der Waals surface area contributed by atoms with E-state index in [9.17, 15) is 24.4 Å². The molecule has 1 aliphatic heterocycles. The van der Waals surface area contributed by atoms with E-state index in [4.69, 9.17) is 4.42 Å². The number of hydrogen-bond acceptors (Lipinski definition) is 6. The number of nitriles is 1. The molecule has 1 atom stereocenters. The van der Waals surface area contributed by atoms with Crippen molar-refractivity contribution in [3.63, 3.8) is 0 Å². The maximum Gasteiger partial charge on any atom is 0.261 e. The molecule has 0 radical (unpaired) electrons. The number of benzene rings is 1. The number of ketones is 1. The number of Topliss-reactive ketones (excluding diaryl/α,β-unsaturated/α-hetero) is 1. The van der Waals surface area contributed by atoms with Gasteiger partial charge in [-0.25, -0.2) is 0 Å². The Morgan fingerprint density at radius 1 is 1.24 bits per heavy atom. The van der Waals surface area contributed by atoms with Crippen LogP contribution < -0.4 is 5.32 Å². The monoisotopic (exact) mass is 393 g/mol. The van der Waals surface area contributed by atoms with E-state index in [1.807, 2.05) is 13.0 Å². The van der Waals surface area contributed by atoms with Crippen LogP contribution in [0.15, 0.2) is 22.6 Å². The molecule has 0 saturated carbocycles. The number of anilines is 1. The second kappa shape index (κ2) is 7.36. The third kappa shape index (κ3) is 3.21. The van der Waals surface area contributed by atoms with Crippen molar-refractivity contribution < 1.29 is 23.6 Å². The van der Waals surface area contributed by atoms with Gasteiger partial charge in [0, 0.05) is 11.6 Å². The highest BCUT2D eigenvalue weighted by Crippen LogP contribution is 2.29. The van der Waals surface area contributed by atoms with Crippen LogP contribution in [0.4, 0.5) is 5.88 Å². The van der Waals surface area contributed by atoms with Crippen LogP contribution >= 0.6 is 0 Å². The van der Waals surface area contributed by atoms with Gasteiger partial charge in [-0.15, -0.1) is 0 Å². The number of fused-ring (bicyclic) bond motifs is 1. The summed E-state index contributed by atoms with van der Waals surface area (Å²) in [5, 5.41) is 11.8. The molecule has 0 bridgehead atoms. The third-order valence-electron chi connectivity index (χ3n) is 4.99. The first kappa shape index (κ1) is 20.0. The Balaban J connectivity index is 1.93. The lowest BCUT2D eigenvalue weighted by atomic mass is 10.0. The maximum atomic E-state index is 12.7. The molecule has 1 aromatic heterocycles. The molecule has 0 fully saturated rings. The summed E-state index contributed by atoms with van der Waals surface area (Å²) in [6.45, 7) is 6.48. The molecule has 29 heavy (non-hydrogen) atoms. The van der Waals surface area contributed by atoms with Crippen LogP contribution in [-0.2, 0) is 0 Å². The normalized spacial score (nSPS) is 13.8. The summed E-state index contributed by atoms with van der Waals surface area (Å²) in [7, 11) is 0. The van der Waals surface area contributed by atoms with Gasteiger partial charge in [0.25, 0.3) is 17.7 Å². The number of carbonyl (C=O) groups is 4. The summed E-state index contributed by atoms with van der Waals surface area (Å²) >= 11 is 0. The van der Waals surface area contributed by atoms with Gasteiger partial charge in [0.2, 0.25) is 5.88 Å². The number of nitrogens with zero attached hydrogens (tertiary/aromatic N) is 2. The highest BCUT2D eigenvalue weighted by Gasteiger charge is 2.38. The van der Waals surface area contributed by atoms with E-state index in [1.54, 1.807) is 6.92 Å². The van der Waals surface area contributed by atoms with Gasteiger partial charge in [0.05, 0.1) is 16.7 Å². The van der Waals surface area contributed by atoms with Gasteiger partial charge < -0.3 is 4.42 Å². The smallest absolute Gasteiger partial charge is 0.261 e. The van der Waals surface area contributed by atoms with E-state index in [-0.39, 0.29) is 57.2 Å². The van der Waals surface area contributed by atoms with E-state index >= 15 is 0 Å². The SMILES string of the molecule is CCC(C)N1C(=O)c2ccc(C(=O)Nc3oc(C)c(C(C)=O)c3C#N)cc2C1=O. The zero-order valence-electron chi connectivity index (χ0n) is 16.5. The molecule has 2 heterocycles. The quantitative estimate of drug-likeness (QED) is 0.614. The van der Waals surface area contributed by atoms with Crippen LogP contribution in [0.1, 0.15) is 79.9 Å². The molecule has 0 aliphatic carbocycles. The first-order valence-electron chi connectivity index (χ1n) is 9.08. The second-order valence-electron chi connectivity index (χ2n) is 6.86. The minimum Gasteiger partial charge on any atom is -0.443 e. The Morgan fingerprint density at radius 2 is 1.90 bits per heavy atom. The molecule has 0 saturated heterocycles. The van der Waals surface area contributed by atoms with Crippen molar-refractivity contribution in [1.82, 2.24) is 4.90 Å². The summed E-state index contributed by atoms with van der Waals surface area (Å²) in [4.78, 5) is 50.7. The standard InChI is InChI=1S/C21H19N3O5/c1-5-10(2)24-20(27)14-7-6-13(8-15(14)21(24)28)18(26)23-19-16(9-22)17(11(3)25)12(4)29-19/h6-8,10H,5H2,1-4H3,(H,23,26). The molecule has 0 spiro atoms. The van der Waals surface area contributed by atoms with Crippen molar-refractivity contribution in [2.24, 2.45) is 0 Å². The second-order valence-corrected chi connectivity index (χ2v) is 6.86. The Kier molecular flexibility index (Phi) is 5.08. The van der Waals surface area contributed by atoms with E-state index < -0.39 is 11.8 Å². The molecular weight excluding hydrogens is 374 g/mol. The van der Waals surface area contributed by atoms with Crippen molar-refractivity contribution in [3.05, 3.63) is 51.8 Å². The molecule has 2 aromatic rings. The summed E-state index contributed by atoms with van der Waals surface area (Å²) in [5.74, 6) is -1.72. The van der Waals surface area contributed by atoms with Crippen LogP contribution in [0, 0.1) is 18.3 Å². The van der Waals surface area contributed by atoms with Gasteiger partial charge in [-0.3, -0.25) is 29.4 Å². The molecular formula is C21H19N3O5. The van der Waals surface area contributed by atoms with Gasteiger partial charge >= 0.3 is 0 Å². The molecule has 1 N–H and O–H groups in total. The van der Waals surface area contributed by atoms with Crippen LogP contribution in [0.5, 0.6) is 0 Å². The summed E-state index contributed by atoms with van der Waals surface area (Å²) in [6, 6.07) is 5.82. The average molecular weight is 393 g/mol. The molecule has 148 valence electrons.